The Morgan fingerprint density at radius 1 is 1.08 bits per heavy atom. The average Bonchev–Trinajstić information content (AvgIpc) is 3.04. The minimum Gasteiger partial charge on any atom is -0.459 e. The number of ether oxygens (including phenoxy) is 4. The smallest absolute Gasteiger partial charge is 0.338 e. The number of hydrogen-bond acceptors (Lipinski definition) is 12. The van der Waals surface area contributed by atoms with Crippen molar-refractivity contribution in [2.24, 2.45) is 17.8 Å². The fourth-order valence-electron chi connectivity index (χ4n) is 7.63. The highest BCUT2D eigenvalue weighted by molar-refractivity contribution is 14.1. The van der Waals surface area contributed by atoms with Gasteiger partial charge in [-0.3, -0.25) is 4.79 Å². The lowest BCUT2D eigenvalue weighted by molar-refractivity contribution is -0.298. The lowest BCUT2D eigenvalue weighted by Gasteiger charge is -2.47. The Hall–Kier alpha value is -1.43. The Bertz CT molecular complexity index is 1260. The van der Waals surface area contributed by atoms with Gasteiger partial charge in [0.15, 0.2) is 12.4 Å². The molecule has 2 fully saturated rings. The summed E-state index contributed by atoms with van der Waals surface area (Å²) in [5, 5.41) is 46.8. The summed E-state index contributed by atoms with van der Waals surface area (Å²) in [5.74, 6) is -3.39. The van der Waals surface area contributed by atoms with E-state index in [1.165, 1.54) is 13.8 Å². The topological polar surface area (TPSA) is 158 Å². The molecule has 4 N–H and O–H groups in total. The number of cyclic esters (lactones) is 1. The lowest BCUT2D eigenvalue weighted by Crippen LogP contribution is -2.60. The van der Waals surface area contributed by atoms with Gasteiger partial charge >= 0.3 is 11.9 Å². The van der Waals surface area contributed by atoms with Gasteiger partial charge in [-0.1, -0.05) is 20.8 Å². The third-order valence-corrected chi connectivity index (χ3v) is 11.5. The van der Waals surface area contributed by atoms with E-state index < -0.39 is 77.8 Å². The van der Waals surface area contributed by atoms with E-state index in [0.29, 0.717) is 18.5 Å². The molecule has 2 aliphatic heterocycles. The molecule has 3 rings (SSSR count). The number of aliphatic hydroxyl groups is 4. The summed E-state index contributed by atoms with van der Waals surface area (Å²) in [6, 6.07) is 6.20. The Labute approximate surface area is 311 Å². The van der Waals surface area contributed by atoms with Gasteiger partial charge in [-0.2, -0.15) is 0 Å². The standard InChI is InChI=1S/C37H61IN2O10/c1-12-28-37(8,46)31(42)24(6)40(11)19-20(2)18-36(7,45)32(22(4)29(41)23(5)33(43)48-28)50-35-30(27(39(9)10)17-21(3)47-35)49-34(44)25-13-15-26(38)16-14-25/h13-16,20-24,27-32,35,41-42,45-46H,12,17-19H2,1-11H3/t20-,21?,22+,23-,24-,27?,28-,29+,30?,31-,32-,35?,36-,37-/m1/s1. The van der Waals surface area contributed by atoms with Crippen LogP contribution < -0.4 is 0 Å². The van der Waals surface area contributed by atoms with Crippen LogP contribution in [0.1, 0.15) is 85.0 Å². The molecular formula is C37H61IN2O10. The van der Waals surface area contributed by atoms with Crippen LogP contribution in [0.2, 0.25) is 0 Å². The van der Waals surface area contributed by atoms with E-state index in [1.807, 2.05) is 56.9 Å². The second kappa shape index (κ2) is 17.6. The van der Waals surface area contributed by atoms with E-state index in [4.69, 9.17) is 18.9 Å². The Morgan fingerprint density at radius 2 is 1.68 bits per heavy atom. The van der Waals surface area contributed by atoms with E-state index in [9.17, 15) is 30.0 Å². The molecule has 4 unspecified atom stereocenters. The highest BCUT2D eigenvalue weighted by Crippen LogP contribution is 2.37. The van der Waals surface area contributed by atoms with Crippen LogP contribution in [-0.2, 0) is 23.7 Å². The monoisotopic (exact) mass is 820 g/mol. The molecule has 2 aliphatic rings. The summed E-state index contributed by atoms with van der Waals surface area (Å²) in [6.45, 7) is 14.2. The Kier molecular flexibility index (Phi) is 15.1. The van der Waals surface area contributed by atoms with Crippen molar-refractivity contribution in [3.8, 4) is 0 Å². The number of carbonyl (C=O) groups is 2. The van der Waals surface area contributed by atoms with Crippen LogP contribution in [0.4, 0.5) is 0 Å². The summed E-state index contributed by atoms with van der Waals surface area (Å²) in [6.07, 6.45) is -6.10. The first kappa shape index (κ1) is 43.0. The van der Waals surface area contributed by atoms with Gasteiger partial charge < -0.3 is 49.2 Å². The maximum atomic E-state index is 13.5. The van der Waals surface area contributed by atoms with E-state index in [-0.39, 0.29) is 30.9 Å². The highest BCUT2D eigenvalue weighted by atomic mass is 127. The molecule has 0 amide bonds. The maximum absolute atomic E-state index is 13.5. The van der Waals surface area contributed by atoms with Crippen molar-refractivity contribution in [1.82, 2.24) is 9.80 Å². The fourth-order valence-corrected chi connectivity index (χ4v) is 7.99. The zero-order valence-electron chi connectivity index (χ0n) is 31.6. The third-order valence-electron chi connectivity index (χ3n) is 10.8. The first-order valence-corrected chi connectivity index (χ1v) is 18.9. The molecule has 1 aromatic rings. The average molecular weight is 821 g/mol. The van der Waals surface area contributed by atoms with E-state index in [0.717, 1.165) is 3.57 Å². The second-order valence-corrected chi connectivity index (χ2v) is 16.8. The van der Waals surface area contributed by atoms with Crippen LogP contribution in [0, 0.1) is 21.3 Å². The highest BCUT2D eigenvalue weighted by Gasteiger charge is 2.50. The molecule has 0 radical (unpaired) electrons. The molecule has 12 nitrogen and oxygen atoms in total. The lowest BCUT2D eigenvalue weighted by atomic mass is 9.78. The third kappa shape index (κ3) is 10.2. The number of nitrogens with zero attached hydrogens (tertiary/aromatic N) is 2. The van der Waals surface area contributed by atoms with Crippen LogP contribution in [0.15, 0.2) is 24.3 Å². The number of esters is 2. The molecule has 0 spiro atoms. The molecular weight excluding hydrogens is 759 g/mol. The first-order chi connectivity index (χ1) is 23.1. The molecule has 0 aromatic heterocycles. The van der Waals surface area contributed by atoms with Gasteiger partial charge in [-0.15, -0.1) is 0 Å². The van der Waals surface area contributed by atoms with Crippen LogP contribution in [0.3, 0.4) is 0 Å². The molecule has 1 aromatic carbocycles. The zero-order valence-corrected chi connectivity index (χ0v) is 33.7. The summed E-state index contributed by atoms with van der Waals surface area (Å²) >= 11 is 2.17. The Balaban J connectivity index is 2.06. The molecule has 0 bridgehead atoms. The van der Waals surface area contributed by atoms with Crippen molar-refractivity contribution in [2.45, 2.75) is 141 Å². The molecule has 2 heterocycles. The quantitative estimate of drug-likeness (QED) is 0.245. The van der Waals surface area contributed by atoms with E-state index >= 15 is 0 Å². The summed E-state index contributed by atoms with van der Waals surface area (Å²) in [5.41, 5.74) is -2.98. The normalized spacial score (nSPS) is 41.6. The number of aliphatic hydroxyl groups excluding tert-OH is 2. The van der Waals surface area contributed by atoms with Crippen LogP contribution in [0.25, 0.3) is 0 Å². The van der Waals surface area contributed by atoms with Crippen molar-refractivity contribution < 1.29 is 49.0 Å². The largest absolute Gasteiger partial charge is 0.459 e. The number of rotatable bonds is 6. The summed E-state index contributed by atoms with van der Waals surface area (Å²) < 4.78 is 25.9. The predicted molar refractivity (Wildman–Crippen MR) is 197 cm³/mol. The van der Waals surface area contributed by atoms with Gasteiger partial charge in [0.2, 0.25) is 0 Å². The van der Waals surface area contributed by atoms with Crippen LogP contribution in [-0.4, -0.2) is 136 Å². The van der Waals surface area contributed by atoms with Gasteiger partial charge in [-0.05, 0) is 128 Å². The van der Waals surface area contributed by atoms with Crippen molar-refractivity contribution in [3.05, 3.63) is 33.4 Å². The number of carbonyl (C=O) groups excluding carboxylic acids is 2. The predicted octanol–water partition coefficient (Wildman–Crippen LogP) is 3.44. The minimum absolute atomic E-state index is 0.150. The van der Waals surface area contributed by atoms with Gasteiger partial charge in [-0.25, -0.2) is 4.79 Å². The van der Waals surface area contributed by atoms with Crippen molar-refractivity contribution in [1.29, 1.82) is 0 Å². The zero-order chi connectivity index (χ0) is 37.9. The second-order valence-electron chi connectivity index (χ2n) is 15.5. The van der Waals surface area contributed by atoms with E-state index in [2.05, 4.69) is 22.6 Å². The minimum atomic E-state index is -1.78. The maximum Gasteiger partial charge on any atom is 0.338 e. The molecule has 50 heavy (non-hydrogen) atoms. The molecule has 286 valence electrons. The number of likely N-dealkylation sites (N-methyl/N-ethyl adjacent to an activating group) is 2. The van der Waals surface area contributed by atoms with Gasteiger partial charge in [0.05, 0.1) is 41.4 Å². The molecule has 0 aliphatic carbocycles. The number of benzene rings is 1. The molecule has 14 atom stereocenters. The number of halogens is 1. The summed E-state index contributed by atoms with van der Waals surface area (Å²) in [7, 11) is 5.61. The van der Waals surface area contributed by atoms with Crippen molar-refractivity contribution in [2.75, 3.05) is 27.7 Å². The van der Waals surface area contributed by atoms with Crippen LogP contribution >= 0.6 is 22.6 Å². The Morgan fingerprint density at radius 3 is 2.24 bits per heavy atom. The van der Waals surface area contributed by atoms with E-state index in [1.54, 1.807) is 39.8 Å². The van der Waals surface area contributed by atoms with Gasteiger partial charge in [0.1, 0.15) is 17.8 Å². The van der Waals surface area contributed by atoms with Gasteiger partial charge in [0.25, 0.3) is 0 Å². The van der Waals surface area contributed by atoms with Gasteiger partial charge in [0, 0.05) is 22.1 Å². The molecule has 2 saturated heterocycles. The fraction of sp³-hybridized carbons (Fsp3) is 0.784. The van der Waals surface area contributed by atoms with Crippen LogP contribution in [0.5, 0.6) is 0 Å². The van der Waals surface area contributed by atoms with Crippen molar-refractivity contribution in [3.63, 3.8) is 0 Å². The SMILES string of the molecule is CC[C@H]1OC(=O)[C@H](C)[C@@H](O)[C@H](C)[C@@H](OC2OC(C)CC(N(C)C)C2OC(=O)c2ccc(I)cc2)[C@](C)(O)C[C@@H](C)CN(C)[C@H](C)[C@@H](O)[C@]1(C)O. The van der Waals surface area contributed by atoms with Crippen molar-refractivity contribution >= 4 is 34.5 Å². The number of hydrogen-bond donors (Lipinski definition) is 4. The summed E-state index contributed by atoms with van der Waals surface area (Å²) in [4.78, 5) is 30.9. The molecule has 13 heteroatoms. The first-order valence-electron chi connectivity index (χ1n) is 17.8. The molecule has 0 saturated carbocycles.